The molecule has 0 unspecified atom stereocenters. The van der Waals surface area contributed by atoms with Crippen molar-refractivity contribution < 1.29 is 9.53 Å². The van der Waals surface area contributed by atoms with Crippen LogP contribution in [0.15, 0.2) is 29.3 Å². The summed E-state index contributed by atoms with van der Waals surface area (Å²) in [6.07, 6.45) is 7.45. The fourth-order valence-corrected chi connectivity index (χ4v) is 4.40. The van der Waals surface area contributed by atoms with E-state index < -0.39 is 0 Å². The van der Waals surface area contributed by atoms with Crippen molar-refractivity contribution in [2.75, 3.05) is 26.8 Å². The highest BCUT2D eigenvalue weighted by Crippen LogP contribution is 2.30. The van der Waals surface area contributed by atoms with Crippen molar-refractivity contribution in [3.8, 4) is 0 Å². The van der Waals surface area contributed by atoms with Gasteiger partial charge in [-0.15, -0.1) is 0 Å². The second-order valence-electron chi connectivity index (χ2n) is 8.03. The third-order valence-electron chi connectivity index (χ3n) is 5.99. The fourth-order valence-electron chi connectivity index (χ4n) is 4.40. The number of nitrogens with zero attached hydrogens (tertiary/aromatic N) is 4. The zero-order chi connectivity index (χ0) is 20.9. The zero-order valence-corrected chi connectivity index (χ0v) is 17.5. The molecular formula is C22H29N5O3. The largest absolute Gasteiger partial charge is 0.384 e. The highest BCUT2D eigenvalue weighted by atomic mass is 16.5. The van der Waals surface area contributed by atoms with Crippen LogP contribution < -0.4 is 5.56 Å². The zero-order valence-electron chi connectivity index (χ0n) is 17.5. The van der Waals surface area contributed by atoms with E-state index in [1.165, 1.54) is 5.56 Å². The minimum Gasteiger partial charge on any atom is -0.384 e. The van der Waals surface area contributed by atoms with Gasteiger partial charge >= 0.3 is 0 Å². The molecule has 0 aromatic carbocycles. The highest BCUT2D eigenvalue weighted by molar-refractivity contribution is 5.76. The second-order valence-corrected chi connectivity index (χ2v) is 8.03. The summed E-state index contributed by atoms with van der Waals surface area (Å²) in [6.45, 7) is 3.36. The van der Waals surface area contributed by atoms with Gasteiger partial charge in [-0.25, -0.2) is 4.98 Å². The summed E-state index contributed by atoms with van der Waals surface area (Å²) in [6, 6.07) is 3.85. The number of likely N-dealkylation sites (tertiary alicyclic amines) is 1. The van der Waals surface area contributed by atoms with Gasteiger partial charge in [0.1, 0.15) is 5.82 Å². The highest BCUT2D eigenvalue weighted by Gasteiger charge is 2.31. The Bertz CT molecular complexity index is 930. The first-order chi connectivity index (χ1) is 14.7. The first-order valence-electron chi connectivity index (χ1n) is 10.7. The van der Waals surface area contributed by atoms with Gasteiger partial charge in [0.15, 0.2) is 0 Å². The summed E-state index contributed by atoms with van der Waals surface area (Å²) in [7, 11) is 1.60. The van der Waals surface area contributed by atoms with Gasteiger partial charge in [-0.2, -0.15) is 0 Å². The van der Waals surface area contributed by atoms with Gasteiger partial charge in [0.2, 0.25) is 5.91 Å². The molecule has 4 rings (SSSR count). The quantitative estimate of drug-likeness (QED) is 0.780. The van der Waals surface area contributed by atoms with Gasteiger partial charge in [-0.1, -0.05) is 0 Å². The molecule has 8 nitrogen and oxygen atoms in total. The molecule has 2 aromatic rings. The van der Waals surface area contributed by atoms with Crippen molar-refractivity contribution in [3.05, 3.63) is 57.5 Å². The number of fused-ring (bicyclic) bond motifs is 1. The Labute approximate surface area is 176 Å². The summed E-state index contributed by atoms with van der Waals surface area (Å²) in [4.78, 5) is 41.6. The maximum atomic E-state index is 12.8. The van der Waals surface area contributed by atoms with Crippen molar-refractivity contribution in [1.82, 2.24) is 24.8 Å². The number of hydrogen-bond acceptors (Lipinski definition) is 6. The molecule has 2 aromatic heterocycles. The Morgan fingerprint density at radius 2 is 2.10 bits per heavy atom. The first kappa shape index (κ1) is 20.7. The van der Waals surface area contributed by atoms with Gasteiger partial charge in [-0.3, -0.25) is 19.5 Å². The van der Waals surface area contributed by atoms with E-state index >= 15 is 0 Å². The number of rotatable bonds is 6. The lowest BCUT2D eigenvalue weighted by Gasteiger charge is -2.36. The van der Waals surface area contributed by atoms with E-state index in [9.17, 15) is 9.59 Å². The van der Waals surface area contributed by atoms with E-state index in [1.54, 1.807) is 19.5 Å². The number of amides is 1. The van der Waals surface area contributed by atoms with Gasteiger partial charge < -0.3 is 14.6 Å². The number of carbonyl (C=O) groups excluding carboxylic acids is 1. The van der Waals surface area contributed by atoms with Crippen molar-refractivity contribution >= 4 is 5.91 Å². The van der Waals surface area contributed by atoms with Crippen LogP contribution in [0.4, 0.5) is 0 Å². The number of pyridine rings is 1. The van der Waals surface area contributed by atoms with E-state index in [-0.39, 0.29) is 17.5 Å². The van der Waals surface area contributed by atoms with E-state index in [2.05, 4.69) is 14.9 Å². The normalized spacial score (nSPS) is 19.5. The van der Waals surface area contributed by atoms with Crippen molar-refractivity contribution in [2.24, 2.45) is 0 Å². The standard InChI is InChI=1S/C22H29N5O3/c1-30-13-8-20(28)27-11-3-2-4-19(27)21-24-18-15-26(12-7-17(18)22(29)25-21)14-16-5-9-23-10-6-16/h5-6,9-10,19H,2-4,7-8,11-15H2,1H3,(H,24,25,29)/t19-/m0/s1. The third-order valence-corrected chi connectivity index (χ3v) is 5.99. The molecule has 0 aliphatic carbocycles. The molecule has 1 fully saturated rings. The first-order valence-corrected chi connectivity index (χ1v) is 10.7. The second kappa shape index (κ2) is 9.49. The van der Waals surface area contributed by atoms with Gasteiger partial charge in [0, 0.05) is 51.2 Å². The molecule has 0 radical (unpaired) electrons. The lowest BCUT2D eigenvalue weighted by atomic mass is 9.99. The maximum absolute atomic E-state index is 12.8. The van der Waals surface area contributed by atoms with E-state index in [4.69, 9.17) is 9.72 Å². The molecule has 1 N–H and O–H groups in total. The molecule has 1 saturated heterocycles. The molecule has 0 bridgehead atoms. The smallest absolute Gasteiger partial charge is 0.254 e. The van der Waals surface area contributed by atoms with Crippen LogP contribution >= 0.6 is 0 Å². The number of aromatic nitrogens is 3. The molecule has 1 amide bonds. The summed E-state index contributed by atoms with van der Waals surface area (Å²) in [5.41, 5.74) is 2.75. The van der Waals surface area contributed by atoms with Crippen molar-refractivity contribution in [1.29, 1.82) is 0 Å². The van der Waals surface area contributed by atoms with E-state index in [0.29, 0.717) is 38.4 Å². The van der Waals surface area contributed by atoms with Crippen LogP contribution in [0.25, 0.3) is 0 Å². The van der Waals surface area contributed by atoms with Crippen LogP contribution in [0.1, 0.15) is 54.4 Å². The molecule has 30 heavy (non-hydrogen) atoms. The van der Waals surface area contributed by atoms with Crippen LogP contribution in [-0.4, -0.2) is 57.5 Å². The Morgan fingerprint density at radius 3 is 2.90 bits per heavy atom. The summed E-state index contributed by atoms with van der Waals surface area (Å²) >= 11 is 0. The van der Waals surface area contributed by atoms with Crippen LogP contribution in [0.3, 0.4) is 0 Å². The summed E-state index contributed by atoms with van der Waals surface area (Å²) in [5, 5.41) is 0. The number of aromatic amines is 1. The van der Waals surface area contributed by atoms with Crippen molar-refractivity contribution in [2.45, 2.75) is 51.2 Å². The number of ether oxygens (including phenoxy) is 1. The minimum absolute atomic E-state index is 0.0567. The molecule has 1 atom stereocenters. The average molecular weight is 412 g/mol. The number of methoxy groups -OCH3 is 1. The lowest BCUT2D eigenvalue weighted by molar-refractivity contribution is -0.136. The number of hydrogen-bond donors (Lipinski definition) is 1. The Balaban J connectivity index is 1.55. The number of nitrogens with one attached hydrogen (secondary N) is 1. The van der Waals surface area contributed by atoms with Gasteiger partial charge in [0.05, 0.1) is 24.8 Å². The Morgan fingerprint density at radius 1 is 1.27 bits per heavy atom. The topological polar surface area (TPSA) is 91.4 Å². The molecule has 0 saturated carbocycles. The molecule has 8 heteroatoms. The summed E-state index contributed by atoms with van der Waals surface area (Å²) in [5.74, 6) is 0.677. The predicted octanol–water partition coefficient (Wildman–Crippen LogP) is 1.81. The number of carbonyl (C=O) groups is 1. The van der Waals surface area contributed by atoms with Gasteiger partial charge in [0.25, 0.3) is 5.56 Å². The van der Waals surface area contributed by atoms with Gasteiger partial charge in [-0.05, 0) is 43.4 Å². The minimum atomic E-state index is -0.170. The molecule has 2 aliphatic rings. The Kier molecular flexibility index (Phi) is 6.54. The Hall–Kier alpha value is -2.58. The van der Waals surface area contributed by atoms with Crippen LogP contribution in [0.5, 0.6) is 0 Å². The van der Waals surface area contributed by atoms with Crippen LogP contribution in [0.2, 0.25) is 0 Å². The molecule has 2 aliphatic heterocycles. The lowest BCUT2D eigenvalue weighted by Crippen LogP contribution is -2.41. The average Bonchev–Trinajstić information content (AvgIpc) is 2.78. The van der Waals surface area contributed by atoms with Crippen LogP contribution in [-0.2, 0) is 29.0 Å². The van der Waals surface area contributed by atoms with Crippen molar-refractivity contribution in [3.63, 3.8) is 0 Å². The molecular weight excluding hydrogens is 382 g/mol. The number of H-pyrrole nitrogens is 1. The SMILES string of the molecule is COCCC(=O)N1CCCC[C@H]1c1nc2c(c(=O)[nH]1)CCN(Cc1ccncc1)C2. The van der Waals surface area contributed by atoms with E-state index in [0.717, 1.165) is 43.6 Å². The number of piperidine rings is 1. The fraction of sp³-hybridized carbons (Fsp3) is 0.545. The summed E-state index contributed by atoms with van der Waals surface area (Å²) < 4.78 is 5.07. The molecule has 4 heterocycles. The monoisotopic (exact) mass is 411 g/mol. The molecule has 0 spiro atoms. The third kappa shape index (κ3) is 4.60. The van der Waals surface area contributed by atoms with Crippen LogP contribution in [0, 0.1) is 0 Å². The van der Waals surface area contributed by atoms with E-state index in [1.807, 2.05) is 17.0 Å². The predicted molar refractivity (Wildman–Crippen MR) is 112 cm³/mol. The molecule has 160 valence electrons. The maximum Gasteiger partial charge on any atom is 0.254 e.